The number of hydrogen-bond acceptors (Lipinski definition) is 5. The molecule has 3 aromatic rings. The van der Waals surface area contributed by atoms with Crippen molar-refractivity contribution in [2.45, 2.75) is 4.90 Å². The van der Waals surface area contributed by atoms with Crippen molar-refractivity contribution in [1.29, 1.82) is 0 Å². The average molecular weight is 444 g/mol. The minimum absolute atomic E-state index is 0.0337. The zero-order chi connectivity index (χ0) is 22.0. The SMILES string of the molecule is COc1ccc(-c2cc(C(=O)N3CCN(S(=O)(=O)c4ccc(F)cc4)CC3)[nH]n2)cc1. The second kappa shape index (κ2) is 8.48. The Balaban J connectivity index is 1.41. The highest BCUT2D eigenvalue weighted by molar-refractivity contribution is 7.89. The predicted molar refractivity (Wildman–Crippen MR) is 112 cm³/mol. The first-order chi connectivity index (χ1) is 14.9. The highest BCUT2D eigenvalue weighted by atomic mass is 32.2. The van der Waals surface area contributed by atoms with E-state index in [9.17, 15) is 17.6 Å². The van der Waals surface area contributed by atoms with Gasteiger partial charge in [-0.3, -0.25) is 9.89 Å². The van der Waals surface area contributed by atoms with Crippen molar-refractivity contribution >= 4 is 15.9 Å². The molecular weight excluding hydrogens is 423 g/mol. The van der Waals surface area contributed by atoms with Crippen LogP contribution < -0.4 is 4.74 Å². The van der Waals surface area contributed by atoms with Crippen molar-refractivity contribution < 1.29 is 22.3 Å². The molecule has 1 saturated heterocycles. The molecule has 4 rings (SSSR count). The molecule has 1 aliphatic heterocycles. The molecule has 0 bridgehead atoms. The van der Waals surface area contributed by atoms with Crippen LogP contribution in [0.25, 0.3) is 11.3 Å². The van der Waals surface area contributed by atoms with E-state index >= 15 is 0 Å². The zero-order valence-corrected chi connectivity index (χ0v) is 17.6. The number of aromatic amines is 1. The number of amides is 1. The summed E-state index contributed by atoms with van der Waals surface area (Å²) in [6.07, 6.45) is 0. The molecule has 0 saturated carbocycles. The van der Waals surface area contributed by atoms with Crippen molar-refractivity contribution in [3.8, 4) is 17.0 Å². The third-order valence-electron chi connectivity index (χ3n) is 5.17. The fraction of sp³-hybridized carbons (Fsp3) is 0.238. The molecule has 2 heterocycles. The smallest absolute Gasteiger partial charge is 0.271 e. The van der Waals surface area contributed by atoms with Gasteiger partial charge in [0, 0.05) is 31.7 Å². The number of carbonyl (C=O) groups excluding carboxylic acids is 1. The van der Waals surface area contributed by atoms with Gasteiger partial charge in [-0.05, 0) is 54.6 Å². The van der Waals surface area contributed by atoms with E-state index < -0.39 is 15.8 Å². The number of carbonyl (C=O) groups is 1. The summed E-state index contributed by atoms with van der Waals surface area (Å²) in [6.45, 7) is 0.808. The van der Waals surface area contributed by atoms with Gasteiger partial charge in [-0.2, -0.15) is 9.40 Å². The Morgan fingerprint density at radius 3 is 2.29 bits per heavy atom. The Morgan fingerprint density at radius 1 is 1.03 bits per heavy atom. The number of piperazine rings is 1. The minimum atomic E-state index is -3.73. The molecule has 0 spiro atoms. The fourth-order valence-corrected chi connectivity index (χ4v) is 4.82. The first-order valence-corrected chi connectivity index (χ1v) is 11.1. The molecule has 1 amide bonds. The number of nitrogens with one attached hydrogen (secondary N) is 1. The van der Waals surface area contributed by atoms with Crippen molar-refractivity contribution in [2.75, 3.05) is 33.3 Å². The number of hydrogen-bond donors (Lipinski definition) is 1. The number of rotatable bonds is 5. The molecule has 2 aromatic carbocycles. The normalized spacial score (nSPS) is 15.1. The number of aromatic nitrogens is 2. The third kappa shape index (κ3) is 4.30. The van der Waals surface area contributed by atoms with Crippen LogP contribution in [0.3, 0.4) is 0 Å². The van der Waals surface area contributed by atoms with Crippen molar-refractivity contribution in [3.05, 3.63) is 66.1 Å². The fourth-order valence-electron chi connectivity index (χ4n) is 3.40. The molecule has 0 radical (unpaired) electrons. The number of sulfonamides is 1. The van der Waals surface area contributed by atoms with E-state index in [2.05, 4.69) is 10.2 Å². The lowest BCUT2D eigenvalue weighted by Gasteiger charge is -2.33. The first kappa shape index (κ1) is 21.0. The molecule has 0 aliphatic carbocycles. The lowest BCUT2D eigenvalue weighted by Crippen LogP contribution is -2.50. The molecule has 162 valence electrons. The maximum absolute atomic E-state index is 13.1. The van der Waals surface area contributed by atoms with Crippen LogP contribution in [-0.2, 0) is 10.0 Å². The number of nitrogens with zero attached hydrogens (tertiary/aromatic N) is 3. The van der Waals surface area contributed by atoms with Gasteiger partial charge in [0.15, 0.2) is 0 Å². The van der Waals surface area contributed by atoms with Gasteiger partial charge in [0.25, 0.3) is 5.91 Å². The van der Waals surface area contributed by atoms with E-state index in [1.165, 1.54) is 16.4 Å². The van der Waals surface area contributed by atoms with Crippen LogP contribution in [0, 0.1) is 5.82 Å². The summed E-state index contributed by atoms with van der Waals surface area (Å²) in [5.74, 6) is -0.0157. The van der Waals surface area contributed by atoms with E-state index in [1.54, 1.807) is 18.1 Å². The quantitative estimate of drug-likeness (QED) is 0.652. The number of halogens is 1. The summed E-state index contributed by atoms with van der Waals surface area (Å²) in [7, 11) is -2.14. The van der Waals surface area contributed by atoms with Crippen molar-refractivity contribution in [2.24, 2.45) is 0 Å². The summed E-state index contributed by atoms with van der Waals surface area (Å²) >= 11 is 0. The summed E-state index contributed by atoms with van der Waals surface area (Å²) < 4.78 is 45.0. The Morgan fingerprint density at radius 2 is 1.68 bits per heavy atom. The first-order valence-electron chi connectivity index (χ1n) is 9.63. The summed E-state index contributed by atoms with van der Waals surface area (Å²) in [4.78, 5) is 14.5. The van der Waals surface area contributed by atoms with E-state index in [1.807, 2.05) is 24.3 Å². The van der Waals surface area contributed by atoms with Crippen LogP contribution in [0.4, 0.5) is 4.39 Å². The van der Waals surface area contributed by atoms with Crippen LogP contribution in [-0.4, -0.2) is 67.0 Å². The zero-order valence-electron chi connectivity index (χ0n) is 16.8. The molecular formula is C21H21FN4O4S. The molecule has 0 unspecified atom stereocenters. The van der Waals surface area contributed by atoms with Gasteiger partial charge in [0.05, 0.1) is 17.7 Å². The van der Waals surface area contributed by atoms with E-state index in [-0.39, 0.29) is 37.0 Å². The van der Waals surface area contributed by atoms with E-state index in [0.29, 0.717) is 11.4 Å². The second-order valence-electron chi connectivity index (χ2n) is 7.05. The predicted octanol–water partition coefficient (Wildman–Crippen LogP) is 2.37. The Kier molecular flexibility index (Phi) is 5.75. The molecule has 0 atom stereocenters. The molecule has 10 heteroatoms. The van der Waals surface area contributed by atoms with Crippen LogP contribution in [0.2, 0.25) is 0 Å². The highest BCUT2D eigenvalue weighted by Gasteiger charge is 2.31. The maximum atomic E-state index is 13.1. The average Bonchev–Trinajstić information content (AvgIpc) is 3.29. The standard InChI is InChI=1S/C21H21FN4O4S/c1-30-17-6-2-15(3-7-17)19-14-20(24-23-19)21(27)25-10-12-26(13-11-25)31(28,29)18-8-4-16(22)5-9-18/h2-9,14H,10-13H2,1H3,(H,23,24). The van der Waals surface area contributed by atoms with Gasteiger partial charge in [-0.15, -0.1) is 0 Å². The highest BCUT2D eigenvalue weighted by Crippen LogP contribution is 2.22. The summed E-state index contributed by atoms with van der Waals surface area (Å²) in [5, 5.41) is 6.97. The number of ether oxygens (including phenoxy) is 1. The van der Waals surface area contributed by atoms with Crippen LogP contribution >= 0.6 is 0 Å². The summed E-state index contributed by atoms with van der Waals surface area (Å²) in [6, 6.07) is 13.7. The largest absolute Gasteiger partial charge is 0.497 e. The Labute approximate surface area is 179 Å². The molecule has 1 fully saturated rings. The van der Waals surface area contributed by atoms with Crippen LogP contribution in [0.15, 0.2) is 59.5 Å². The maximum Gasteiger partial charge on any atom is 0.271 e. The number of methoxy groups -OCH3 is 1. The Bertz CT molecular complexity index is 1170. The van der Waals surface area contributed by atoms with Crippen molar-refractivity contribution in [1.82, 2.24) is 19.4 Å². The monoisotopic (exact) mass is 444 g/mol. The molecule has 1 aromatic heterocycles. The topological polar surface area (TPSA) is 95.6 Å². The van der Waals surface area contributed by atoms with Gasteiger partial charge in [-0.25, -0.2) is 12.8 Å². The van der Waals surface area contributed by atoms with Crippen molar-refractivity contribution in [3.63, 3.8) is 0 Å². The lowest BCUT2D eigenvalue weighted by molar-refractivity contribution is 0.0692. The Hall–Kier alpha value is -3.24. The molecule has 31 heavy (non-hydrogen) atoms. The van der Waals surface area contributed by atoms with Gasteiger partial charge in [-0.1, -0.05) is 0 Å². The van der Waals surface area contributed by atoms with E-state index in [0.717, 1.165) is 23.4 Å². The number of benzene rings is 2. The molecule has 8 nitrogen and oxygen atoms in total. The van der Waals surface area contributed by atoms with Gasteiger partial charge in [0.2, 0.25) is 10.0 Å². The third-order valence-corrected chi connectivity index (χ3v) is 7.08. The molecule has 1 aliphatic rings. The lowest BCUT2D eigenvalue weighted by atomic mass is 10.1. The second-order valence-corrected chi connectivity index (χ2v) is 8.98. The van der Waals surface area contributed by atoms with Crippen LogP contribution in [0.1, 0.15) is 10.5 Å². The number of H-pyrrole nitrogens is 1. The van der Waals surface area contributed by atoms with E-state index in [4.69, 9.17) is 4.74 Å². The van der Waals surface area contributed by atoms with Gasteiger partial charge >= 0.3 is 0 Å². The molecule has 1 N–H and O–H groups in total. The minimum Gasteiger partial charge on any atom is -0.497 e. The van der Waals surface area contributed by atoms with Gasteiger partial charge in [0.1, 0.15) is 17.3 Å². The summed E-state index contributed by atoms with van der Waals surface area (Å²) in [5.41, 5.74) is 1.80. The van der Waals surface area contributed by atoms with Gasteiger partial charge < -0.3 is 9.64 Å². The van der Waals surface area contributed by atoms with Crippen LogP contribution in [0.5, 0.6) is 5.75 Å².